The largest absolute Gasteiger partial charge is 0.424 e. The summed E-state index contributed by atoms with van der Waals surface area (Å²) in [6, 6.07) is 17.3. The number of anilines is 3. The second kappa shape index (κ2) is 11.2. The van der Waals surface area contributed by atoms with Gasteiger partial charge in [-0.15, -0.1) is 0 Å². The van der Waals surface area contributed by atoms with Crippen LogP contribution in [0.4, 0.5) is 21.4 Å². The van der Waals surface area contributed by atoms with Gasteiger partial charge in [-0.1, -0.05) is 50.3 Å². The third-order valence-corrected chi connectivity index (χ3v) is 8.02. The van der Waals surface area contributed by atoms with Gasteiger partial charge in [-0.2, -0.15) is 5.10 Å². The second-order valence-corrected chi connectivity index (χ2v) is 12.2. The van der Waals surface area contributed by atoms with Crippen LogP contribution in [0.3, 0.4) is 0 Å². The Labute approximate surface area is 248 Å². The van der Waals surface area contributed by atoms with Crippen molar-refractivity contribution in [2.24, 2.45) is 0 Å². The molecule has 0 aliphatic carbocycles. The summed E-state index contributed by atoms with van der Waals surface area (Å²) in [5.74, 6) is 1.18. The fraction of sp³-hybridized carbons (Fsp3) is 0.258. The molecule has 1 saturated heterocycles. The molecule has 3 aromatic heterocycles. The molecule has 6 rings (SSSR count). The lowest BCUT2D eigenvalue weighted by Crippen LogP contribution is -2.36. The topological polar surface area (TPSA) is 110 Å². The van der Waals surface area contributed by atoms with Crippen molar-refractivity contribution in [3.63, 3.8) is 0 Å². The maximum Gasteiger partial charge on any atom is 0.324 e. The van der Waals surface area contributed by atoms with Crippen LogP contribution in [0, 0.1) is 6.92 Å². The molecule has 0 bridgehead atoms. The third kappa shape index (κ3) is 5.96. The van der Waals surface area contributed by atoms with Gasteiger partial charge in [-0.05, 0) is 54.8 Å². The van der Waals surface area contributed by atoms with Gasteiger partial charge in [-0.3, -0.25) is 5.32 Å². The number of amides is 2. The average Bonchev–Trinajstić information content (AvgIpc) is 3.57. The minimum atomic E-state index is -0.432. The summed E-state index contributed by atoms with van der Waals surface area (Å²) in [4.78, 5) is 29.4. The van der Waals surface area contributed by atoms with E-state index in [0.29, 0.717) is 17.3 Å². The fourth-order valence-electron chi connectivity index (χ4n) is 4.38. The Kier molecular flexibility index (Phi) is 7.34. The number of carbonyl (C=O) groups is 1. The van der Waals surface area contributed by atoms with Crippen molar-refractivity contribution in [3.8, 4) is 27.9 Å². The highest BCUT2D eigenvalue weighted by Crippen LogP contribution is 2.34. The SMILES string of the molecule is Cc1ccccc1-n1nc(C(C)(C)C)cc1NC(=O)Nc1cnc(Oc2ccc(-c3cnc(N4CCC4)s3)cc2)nc1. The standard InChI is InChI=1S/C31H32N8O2S/c1-20-8-5-6-9-24(20)39-27(16-26(37-39)31(2,3)4)36-28(40)35-22-17-32-29(33-18-22)41-23-12-10-21(11-13-23)25-19-34-30(42-25)38-14-7-15-38/h5-6,8-13,16-19H,7,14-15H2,1-4H3,(H2,35,36,40). The predicted molar refractivity (Wildman–Crippen MR) is 166 cm³/mol. The minimum Gasteiger partial charge on any atom is -0.424 e. The van der Waals surface area contributed by atoms with E-state index in [0.717, 1.165) is 45.6 Å². The van der Waals surface area contributed by atoms with Gasteiger partial charge in [-0.25, -0.2) is 24.4 Å². The zero-order chi connectivity index (χ0) is 29.3. The highest BCUT2D eigenvalue weighted by molar-refractivity contribution is 7.18. The van der Waals surface area contributed by atoms with Gasteiger partial charge in [0.05, 0.1) is 34.3 Å². The van der Waals surface area contributed by atoms with Gasteiger partial charge < -0.3 is 15.0 Å². The molecule has 214 valence electrons. The summed E-state index contributed by atoms with van der Waals surface area (Å²) in [6.07, 6.45) is 6.15. The van der Waals surface area contributed by atoms with E-state index in [2.05, 4.69) is 51.3 Å². The molecular formula is C31H32N8O2S. The summed E-state index contributed by atoms with van der Waals surface area (Å²) in [5, 5.41) is 11.6. The first-order valence-corrected chi connectivity index (χ1v) is 14.6. The van der Waals surface area contributed by atoms with Crippen LogP contribution in [-0.2, 0) is 5.41 Å². The van der Waals surface area contributed by atoms with E-state index < -0.39 is 6.03 Å². The predicted octanol–water partition coefficient (Wildman–Crippen LogP) is 7.04. The van der Waals surface area contributed by atoms with Crippen molar-refractivity contribution in [2.75, 3.05) is 28.6 Å². The summed E-state index contributed by atoms with van der Waals surface area (Å²) >= 11 is 1.69. The number of hydrogen-bond acceptors (Lipinski definition) is 8. The van der Waals surface area contributed by atoms with Gasteiger partial charge in [0.2, 0.25) is 0 Å². The first kappa shape index (κ1) is 27.4. The summed E-state index contributed by atoms with van der Waals surface area (Å²) < 4.78 is 7.58. The quantitative estimate of drug-likeness (QED) is 0.212. The van der Waals surface area contributed by atoms with E-state index in [9.17, 15) is 4.79 Å². The number of nitrogens with zero attached hydrogens (tertiary/aromatic N) is 6. The monoisotopic (exact) mass is 580 g/mol. The molecule has 10 nitrogen and oxygen atoms in total. The van der Waals surface area contributed by atoms with E-state index in [1.165, 1.54) is 18.8 Å². The molecule has 1 aliphatic rings. The van der Waals surface area contributed by atoms with Crippen molar-refractivity contribution >= 4 is 34.0 Å². The van der Waals surface area contributed by atoms with Crippen molar-refractivity contribution < 1.29 is 9.53 Å². The van der Waals surface area contributed by atoms with Crippen molar-refractivity contribution in [1.82, 2.24) is 24.7 Å². The highest BCUT2D eigenvalue weighted by Gasteiger charge is 2.22. The second-order valence-electron chi connectivity index (χ2n) is 11.2. The Morgan fingerprint density at radius 2 is 1.69 bits per heavy atom. The smallest absolute Gasteiger partial charge is 0.324 e. The first-order chi connectivity index (χ1) is 20.2. The van der Waals surface area contributed by atoms with Crippen LogP contribution < -0.4 is 20.3 Å². The number of para-hydroxylation sites is 1. The van der Waals surface area contributed by atoms with E-state index in [4.69, 9.17) is 9.84 Å². The Bertz CT molecular complexity index is 1700. The van der Waals surface area contributed by atoms with Gasteiger partial charge in [0.15, 0.2) is 5.13 Å². The Morgan fingerprint density at radius 3 is 2.36 bits per heavy atom. The molecule has 4 heterocycles. The molecular weight excluding hydrogens is 548 g/mol. The Morgan fingerprint density at radius 1 is 0.952 bits per heavy atom. The van der Waals surface area contributed by atoms with Gasteiger partial charge in [0.1, 0.15) is 11.6 Å². The van der Waals surface area contributed by atoms with Gasteiger partial charge in [0.25, 0.3) is 0 Å². The molecule has 11 heteroatoms. The van der Waals surface area contributed by atoms with Crippen molar-refractivity contribution in [3.05, 3.63) is 84.4 Å². The molecule has 2 aromatic carbocycles. The van der Waals surface area contributed by atoms with Crippen LogP contribution >= 0.6 is 11.3 Å². The van der Waals surface area contributed by atoms with E-state index >= 15 is 0 Å². The number of ether oxygens (including phenoxy) is 1. The van der Waals surface area contributed by atoms with Gasteiger partial charge >= 0.3 is 12.0 Å². The summed E-state index contributed by atoms with van der Waals surface area (Å²) in [7, 11) is 0. The molecule has 1 aliphatic heterocycles. The van der Waals surface area contributed by atoms with Crippen molar-refractivity contribution in [1.29, 1.82) is 0 Å². The van der Waals surface area contributed by atoms with E-state index in [1.54, 1.807) is 16.0 Å². The number of carbonyl (C=O) groups excluding carboxylic acids is 1. The van der Waals surface area contributed by atoms with Crippen LogP contribution in [0.2, 0.25) is 0 Å². The summed E-state index contributed by atoms with van der Waals surface area (Å²) in [5.41, 5.74) is 4.12. The zero-order valence-electron chi connectivity index (χ0n) is 24.0. The van der Waals surface area contributed by atoms with Crippen LogP contribution in [0.15, 0.2) is 73.2 Å². The normalized spacial score (nSPS) is 13.0. The van der Waals surface area contributed by atoms with Crippen molar-refractivity contribution in [2.45, 2.75) is 39.5 Å². The molecule has 2 N–H and O–H groups in total. The number of hydrogen-bond donors (Lipinski definition) is 2. The molecule has 2 amide bonds. The number of rotatable bonds is 7. The van der Waals surface area contributed by atoms with Crippen LogP contribution in [0.25, 0.3) is 16.1 Å². The molecule has 0 radical (unpaired) electrons. The Balaban J connectivity index is 1.09. The number of benzene rings is 2. The minimum absolute atomic E-state index is 0.180. The van der Waals surface area contributed by atoms with Crippen LogP contribution in [-0.4, -0.2) is 43.9 Å². The highest BCUT2D eigenvalue weighted by atomic mass is 32.1. The molecule has 5 aromatic rings. The van der Waals surface area contributed by atoms with Crippen LogP contribution in [0.5, 0.6) is 11.8 Å². The zero-order valence-corrected chi connectivity index (χ0v) is 24.8. The lowest BCUT2D eigenvalue weighted by molar-refractivity contribution is 0.262. The maximum atomic E-state index is 12.9. The summed E-state index contributed by atoms with van der Waals surface area (Å²) in [6.45, 7) is 10.4. The lowest BCUT2D eigenvalue weighted by atomic mass is 9.92. The third-order valence-electron chi connectivity index (χ3n) is 6.92. The van der Waals surface area contributed by atoms with Gasteiger partial charge in [0, 0.05) is 30.8 Å². The number of thiazole rings is 1. The molecule has 42 heavy (non-hydrogen) atoms. The first-order valence-electron chi connectivity index (χ1n) is 13.8. The molecule has 1 fully saturated rings. The fourth-order valence-corrected chi connectivity index (χ4v) is 5.35. The van der Waals surface area contributed by atoms with E-state index in [1.807, 2.05) is 67.7 Å². The Hall–Kier alpha value is -4.77. The molecule has 0 saturated carbocycles. The molecule has 0 unspecified atom stereocenters. The number of urea groups is 1. The lowest BCUT2D eigenvalue weighted by Gasteiger charge is -2.30. The average molecular weight is 581 g/mol. The molecule has 0 spiro atoms. The number of aromatic nitrogens is 5. The van der Waals surface area contributed by atoms with Crippen LogP contribution in [0.1, 0.15) is 38.4 Å². The molecule has 0 atom stereocenters. The number of nitrogens with one attached hydrogen (secondary N) is 2. The van der Waals surface area contributed by atoms with E-state index in [-0.39, 0.29) is 11.4 Å². The number of aryl methyl sites for hydroxylation is 1. The maximum absolute atomic E-state index is 12.9.